The number of carboxylic acid groups (broad SMARTS) is 1. The fourth-order valence-corrected chi connectivity index (χ4v) is 1.67. The lowest BCUT2D eigenvalue weighted by atomic mass is 10.1. The van der Waals surface area contributed by atoms with E-state index in [1.807, 2.05) is 0 Å². The van der Waals surface area contributed by atoms with Crippen molar-refractivity contribution in [2.75, 3.05) is 0 Å². The maximum absolute atomic E-state index is 11.3. The monoisotopic (exact) mass is 265 g/mol. The van der Waals surface area contributed by atoms with Gasteiger partial charge in [0.2, 0.25) is 0 Å². The molecule has 1 N–H and O–H groups in total. The number of hydrogen-bond acceptors (Lipinski definition) is 3. The number of aliphatic carboxylic acids is 1. The van der Waals surface area contributed by atoms with Gasteiger partial charge < -0.3 is 5.11 Å². The van der Waals surface area contributed by atoms with Crippen LogP contribution in [0.25, 0.3) is 11.4 Å². The van der Waals surface area contributed by atoms with Gasteiger partial charge in [-0.05, 0) is 38.1 Å². The van der Waals surface area contributed by atoms with Crippen LogP contribution >= 0.6 is 11.6 Å². The molecule has 1 aromatic heterocycles. The molecule has 5 nitrogen and oxygen atoms in total. The smallest absolute Gasteiger partial charge is 0.329 e. The third-order valence-corrected chi connectivity index (χ3v) is 3.03. The van der Waals surface area contributed by atoms with E-state index in [0.717, 1.165) is 5.56 Å². The molecule has 0 aliphatic rings. The van der Waals surface area contributed by atoms with Crippen LogP contribution in [-0.4, -0.2) is 25.8 Å². The average molecular weight is 266 g/mol. The summed E-state index contributed by atoms with van der Waals surface area (Å²) in [7, 11) is 0. The van der Waals surface area contributed by atoms with Crippen molar-refractivity contribution in [3.8, 4) is 11.4 Å². The van der Waals surface area contributed by atoms with Gasteiger partial charge in [-0.15, -0.1) is 10.2 Å². The second kappa shape index (κ2) is 4.42. The number of carboxylic acids is 1. The summed E-state index contributed by atoms with van der Waals surface area (Å²) in [5.74, 6) is -0.448. The van der Waals surface area contributed by atoms with Gasteiger partial charge in [-0.1, -0.05) is 11.6 Å². The molecule has 0 aliphatic heterocycles. The minimum absolute atomic E-state index is 0.499. The second-order valence-electron chi connectivity index (χ2n) is 4.40. The SMILES string of the molecule is CC(C)(C(=O)O)n1cnnc1-c1ccc(Cl)cc1. The molecule has 0 amide bonds. The van der Waals surface area contributed by atoms with Crippen LogP contribution in [0, 0.1) is 0 Å². The predicted molar refractivity (Wildman–Crippen MR) is 67.4 cm³/mol. The van der Waals surface area contributed by atoms with Gasteiger partial charge in [-0.2, -0.15) is 0 Å². The summed E-state index contributed by atoms with van der Waals surface area (Å²) in [5, 5.41) is 17.6. The van der Waals surface area contributed by atoms with Crippen molar-refractivity contribution in [2.24, 2.45) is 0 Å². The zero-order chi connectivity index (χ0) is 13.3. The molecule has 1 heterocycles. The Morgan fingerprint density at radius 1 is 1.33 bits per heavy atom. The normalized spacial score (nSPS) is 11.5. The summed E-state index contributed by atoms with van der Waals surface area (Å²) in [5.41, 5.74) is -0.343. The Bertz CT molecular complexity index is 575. The Balaban J connectivity index is 2.52. The van der Waals surface area contributed by atoms with Crippen molar-refractivity contribution in [2.45, 2.75) is 19.4 Å². The molecule has 18 heavy (non-hydrogen) atoms. The number of halogens is 1. The van der Waals surface area contributed by atoms with Gasteiger partial charge in [0, 0.05) is 10.6 Å². The molecule has 0 unspecified atom stereocenters. The molecule has 0 aliphatic carbocycles. The summed E-state index contributed by atoms with van der Waals surface area (Å²) in [6.07, 6.45) is 1.41. The van der Waals surface area contributed by atoms with E-state index in [4.69, 9.17) is 11.6 Å². The van der Waals surface area contributed by atoms with E-state index >= 15 is 0 Å². The van der Waals surface area contributed by atoms with Crippen LogP contribution in [0.5, 0.6) is 0 Å². The van der Waals surface area contributed by atoms with Crippen LogP contribution < -0.4 is 0 Å². The van der Waals surface area contributed by atoms with E-state index in [2.05, 4.69) is 10.2 Å². The highest BCUT2D eigenvalue weighted by Crippen LogP contribution is 2.25. The molecule has 6 heteroatoms. The van der Waals surface area contributed by atoms with E-state index in [1.165, 1.54) is 10.9 Å². The Morgan fingerprint density at radius 2 is 1.94 bits per heavy atom. The molecule has 1 aromatic carbocycles. The third-order valence-electron chi connectivity index (χ3n) is 2.78. The number of rotatable bonds is 3. The van der Waals surface area contributed by atoms with Crippen LogP contribution in [-0.2, 0) is 10.3 Å². The first kappa shape index (κ1) is 12.6. The first-order valence-electron chi connectivity index (χ1n) is 5.33. The van der Waals surface area contributed by atoms with Crippen molar-refractivity contribution in [1.82, 2.24) is 14.8 Å². The van der Waals surface area contributed by atoms with Gasteiger partial charge >= 0.3 is 5.97 Å². The zero-order valence-corrected chi connectivity index (χ0v) is 10.7. The minimum Gasteiger partial charge on any atom is -0.480 e. The molecule has 2 rings (SSSR count). The summed E-state index contributed by atoms with van der Waals surface area (Å²) >= 11 is 5.82. The Kier molecular flexibility index (Phi) is 3.09. The first-order chi connectivity index (χ1) is 8.43. The first-order valence-corrected chi connectivity index (χ1v) is 5.70. The minimum atomic E-state index is -1.11. The third kappa shape index (κ3) is 2.09. The Hall–Kier alpha value is -1.88. The van der Waals surface area contributed by atoms with Crippen molar-refractivity contribution in [3.05, 3.63) is 35.6 Å². The molecule has 0 bridgehead atoms. The maximum Gasteiger partial charge on any atom is 0.329 e. The lowest BCUT2D eigenvalue weighted by molar-refractivity contribution is -0.145. The van der Waals surface area contributed by atoms with E-state index in [9.17, 15) is 9.90 Å². The largest absolute Gasteiger partial charge is 0.480 e. The van der Waals surface area contributed by atoms with Gasteiger partial charge in [0.15, 0.2) is 5.82 Å². The number of carbonyl (C=O) groups is 1. The Labute approximate surface area is 109 Å². The molecule has 0 spiro atoms. The van der Waals surface area contributed by atoms with E-state index in [0.29, 0.717) is 10.8 Å². The Morgan fingerprint density at radius 3 is 2.50 bits per heavy atom. The van der Waals surface area contributed by atoms with Gasteiger partial charge in [-0.3, -0.25) is 4.57 Å². The summed E-state index contributed by atoms with van der Waals surface area (Å²) in [6.45, 7) is 3.19. The van der Waals surface area contributed by atoms with Crippen molar-refractivity contribution >= 4 is 17.6 Å². The molecular formula is C12H12ClN3O2. The molecule has 0 saturated heterocycles. The predicted octanol–water partition coefficient (Wildman–Crippen LogP) is 2.42. The van der Waals surface area contributed by atoms with Gasteiger partial charge in [0.25, 0.3) is 0 Å². The van der Waals surface area contributed by atoms with Crippen molar-refractivity contribution < 1.29 is 9.90 Å². The number of nitrogens with zero attached hydrogens (tertiary/aromatic N) is 3. The van der Waals surface area contributed by atoms with E-state index in [1.54, 1.807) is 38.1 Å². The second-order valence-corrected chi connectivity index (χ2v) is 4.83. The molecule has 0 saturated carbocycles. The molecule has 0 radical (unpaired) electrons. The number of hydrogen-bond donors (Lipinski definition) is 1. The van der Waals surface area contributed by atoms with Gasteiger partial charge in [0.1, 0.15) is 11.9 Å². The van der Waals surface area contributed by atoms with E-state index in [-0.39, 0.29) is 0 Å². The van der Waals surface area contributed by atoms with Crippen molar-refractivity contribution in [3.63, 3.8) is 0 Å². The molecule has 0 atom stereocenters. The molecule has 94 valence electrons. The lowest BCUT2D eigenvalue weighted by Gasteiger charge is -2.22. The molecular weight excluding hydrogens is 254 g/mol. The van der Waals surface area contributed by atoms with Crippen LogP contribution in [0.3, 0.4) is 0 Å². The summed E-state index contributed by atoms with van der Waals surface area (Å²) in [6, 6.07) is 7.01. The fourth-order valence-electron chi connectivity index (χ4n) is 1.54. The number of benzene rings is 1. The summed E-state index contributed by atoms with van der Waals surface area (Å²) in [4.78, 5) is 11.3. The van der Waals surface area contributed by atoms with Crippen LogP contribution in [0.15, 0.2) is 30.6 Å². The lowest BCUT2D eigenvalue weighted by Crippen LogP contribution is -2.35. The highest BCUT2D eigenvalue weighted by atomic mass is 35.5. The van der Waals surface area contributed by atoms with Crippen LogP contribution in [0.4, 0.5) is 0 Å². The quantitative estimate of drug-likeness (QED) is 0.925. The average Bonchev–Trinajstić information content (AvgIpc) is 2.79. The molecule has 2 aromatic rings. The van der Waals surface area contributed by atoms with Crippen LogP contribution in [0.2, 0.25) is 5.02 Å². The van der Waals surface area contributed by atoms with Crippen LogP contribution in [0.1, 0.15) is 13.8 Å². The maximum atomic E-state index is 11.3. The van der Waals surface area contributed by atoms with E-state index < -0.39 is 11.5 Å². The highest BCUT2D eigenvalue weighted by molar-refractivity contribution is 6.30. The fraction of sp³-hybridized carbons (Fsp3) is 0.250. The highest BCUT2D eigenvalue weighted by Gasteiger charge is 2.31. The number of aromatic nitrogens is 3. The van der Waals surface area contributed by atoms with Gasteiger partial charge in [-0.25, -0.2) is 4.79 Å². The van der Waals surface area contributed by atoms with Crippen molar-refractivity contribution in [1.29, 1.82) is 0 Å². The topological polar surface area (TPSA) is 68.0 Å². The molecule has 0 fully saturated rings. The standard InChI is InChI=1S/C12H12ClN3O2/c1-12(2,11(17)18)16-7-14-15-10(16)8-3-5-9(13)6-4-8/h3-7H,1-2H3,(H,17,18). The zero-order valence-electron chi connectivity index (χ0n) is 9.96. The summed E-state index contributed by atoms with van der Waals surface area (Å²) < 4.78 is 1.53. The van der Waals surface area contributed by atoms with Gasteiger partial charge in [0.05, 0.1) is 0 Å².